The van der Waals surface area contributed by atoms with Crippen LogP contribution in [0.3, 0.4) is 0 Å². The van der Waals surface area contributed by atoms with E-state index in [1.807, 2.05) is 0 Å². The molecule has 0 fully saturated rings. The normalized spacial score (nSPS) is 12.4. The second-order valence-electron chi connectivity index (χ2n) is 3.58. The molecule has 0 radical (unpaired) electrons. The van der Waals surface area contributed by atoms with Crippen molar-refractivity contribution in [3.05, 3.63) is 49.6 Å². The molecule has 2 aromatic rings. The number of ketones is 1. The molecule has 19 heavy (non-hydrogen) atoms. The van der Waals surface area contributed by atoms with E-state index in [1.165, 1.54) is 6.07 Å². The lowest BCUT2D eigenvalue weighted by Gasteiger charge is -2.03. The highest BCUT2D eigenvalue weighted by atomic mass is 35.5. The molecule has 0 saturated carbocycles. The number of hydrogen-bond acceptors (Lipinski definition) is 3. The van der Waals surface area contributed by atoms with Gasteiger partial charge in [-0.25, -0.2) is 0 Å². The number of halogens is 3. The second-order valence-corrected chi connectivity index (χ2v) is 7.69. The van der Waals surface area contributed by atoms with Gasteiger partial charge in [-0.2, -0.15) is 0 Å². The Balaban J connectivity index is 2.18. The first kappa shape index (κ1) is 15.0. The largest absolute Gasteiger partial charge is 0.293 e. The minimum atomic E-state index is -1.50. The van der Waals surface area contributed by atoms with Gasteiger partial charge < -0.3 is 0 Å². The molecule has 1 atom stereocenters. The van der Waals surface area contributed by atoms with Crippen LogP contribution < -0.4 is 0 Å². The van der Waals surface area contributed by atoms with E-state index in [9.17, 15) is 9.00 Å². The number of Topliss-reactive ketones (excluding diaryl/α,β-unsaturated/α-hetero) is 1. The highest BCUT2D eigenvalue weighted by molar-refractivity contribution is 7.86. The molecule has 0 N–H and O–H groups in total. The van der Waals surface area contributed by atoms with Crippen molar-refractivity contribution in [2.75, 3.05) is 5.75 Å². The standard InChI is InChI=1S/C12H7Cl3O2S2/c13-8-3-1-2-4-10(8)19(17)6-9(16)7-5-11(14)18-12(7)15/h1-5H,6H2. The van der Waals surface area contributed by atoms with Crippen molar-refractivity contribution in [2.45, 2.75) is 4.90 Å². The first-order valence-electron chi connectivity index (χ1n) is 5.10. The van der Waals surface area contributed by atoms with E-state index in [1.54, 1.807) is 24.3 Å². The van der Waals surface area contributed by atoms with Gasteiger partial charge in [-0.05, 0) is 18.2 Å². The van der Waals surface area contributed by atoms with Crippen LogP contribution >= 0.6 is 46.1 Å². The molecular formula is C12H7Cl3O2S2. The number of carbonyl (C=O) groups excluding carboxylic acids is 1. The highest BCUT2D eigenvalue weighted by Gasteiger charge is 2.18. The van der Waals surface area contributed by atoms with Gasteiger partial charge in [-0.3, -0.25) is 9.00 Å². The maximum Gasteiger partial charge on any atom is 0.178 e. The van der Waals surface area contributed by atoms with Crippen LogP contribution in [0.5, 0.6) is 0 Å². The third-order valence-electron chi connectivity index (χ3n) is 2.30. The van der Waals surface area contributed by atoms with Crippen LogP contribution in [0.25, 0.3) is 0 Å². The van der Waals surface area contributed by atoms with Crippen molar-refractivity contribution in [1.82, 2.24) is 0 Å². The summed E-state index contributed by atoms with van der Waals surface area (Å²) in [5.74, 6) is -0.484. The quantitative estimate of drug-likeness (QED) is 0.747. The maximum absolute atomic E-state index is 12.1. The van der Waals surface area contributed by atoms with Crippen LogP contribution in [-0.2, 0) is 10.8 Å². The molecule has 2 nitrogen and oxygen atoms in total. The van der Waals surface area contributed by atoms with Crippen molar-refractivity contribution in [3.63, 3.8) is 0 Å². The van der Waals surface area contributed by atoms with Crippen molar-refractivity contribution < 1.29 is 9.00 Å². The predicted molar refractivity (Wildman–Crippen MR) is 81.4 cm³/mol. The maximum atomic E-state index is 12.1. The number of thiophene rings is 1. The smallest absolute Gasteiger partial charge is 0.178 e. The van der Waals surface area contributed by atoms with Gasteiger partial charge in [0.15, 0.2) is 5.78 Å². The van der Waals surface area contributed by atoms with Gasteiger partial charge >= 0.3 is 0 Å². The Morgan fingerprint density at radius 1 is 1.21 bits per heavy atom. The van der Waals surface area contributed by atoms with Gasteiger partial charge in [0.05, 0.1) is 30.8 Å². The molecule has 2 rings (SSSR count). The fourth-order valence-corrected chi connectivity index (χ4v) is 4.39. The Morgan fingerprint density at radius 2 is 1.89 bits per heavy atom. The molecule has 0 spiro atoms. The molecule has 100 valence electrons. The number of rotatable bonds is 4. The Kier molecular flexibility index (Phi) is 5.03. The van der Waals surface area contributed by atoms with Gasteiger partial charge in [-0.15, -0.1) is 11.3 Å². The third kappa shape index (κ3) is 3.58. The van der Waals surface area contributed by atoms with Crippen molar-refractivity contribution in [1.29, 1.82) is 0 Å². The second kappa shape index (κ2) is 6.37. The molecule has 0 aliphatic carbocycles. The van der Waals surface area contributed by atoms with Gasteiger partial charge in [0.2, 0.25) is 0 Å². The topological polar surface area (TPSA) is 34.1 Å². The van der Waals surface area contributed by atoms with E-state index in [0.29, 0.717) is 24.2 Å². The van der Waals surface area contributed by atoms with Crippen LogP contribution in [0, 0.1) is 0 Å². The number of hydrogen-bond donors (Lipinski definition) is 0. The van der Waals surface area contributed by atoms with Crippen molar-refractivity contribution >= 4 is 62.7 Å². The summed E-state index contributed by atoms with van der Waals surface area (Å²) < 4.78 is 12.8. The van der Waals surface area contributed by atoms with Crippen LogP contribution in [0.4, 0.5) is 0 Å². The van der Waals surface area contributed by atoms with Crippen LogP contribution in [-0.4, -0.2) is 15.7 Å². The lowest BCUT2D eigenvalue weighted by Crippen LogP contribution is -2.11. The molecule has 0 amide bonds. The van der Waals surface area contributed by atoms with Crippen molar-refractivity contribution in [3.8, 4) is 0 Å². The van der Waals surface area contributed by atoms with Gasteiger partial charge in [-0.1, -0.05) is 46.9 Å². The Bertz CT molecular complexity index is 652. The summed E-state index contributed by atoms with van der Waals surface area (Å²) in [6, 6.07) is 8.21. The molecular weight excluding hydrogens is 347 g/mol. The zero-order chi connectivity index (χ0) is 14.0. The SMILES string of the molecule is O=C(CS(=O)c1ccccc1Cl)c1cc(Cl)sc1Cl. The molecule has 0 aliphatic heterocycles. The van der Waals surface area contributed by atoms with Crippen LogP contribution in [0.1, 0.15) is 10.4 Å². The van der Waals surface area contributed by atoms with E-state index in [2.05, 4.69) is 0 Å². The summed E-state index contributed by atoms with van der Waals surface area (Å²) in [4.78, 5) is 12.4. The molecule has 1 unspecified atom stereocenters. The van der Waals surface area contributed by atoms with Crippen molar-refractivity contribution in [2.24, 2.45) is 0 Å². The number of benzene rings is 1. The van der Waals surface area contributed by atoms with E-state index in [0.717, 1.165) is 11.3 Å². The zero-order valence-corrected chi connectivity index (χ0v) is 13.3. The molecule has 0 saturated heterocycles. The van der Waals surface area contributed by atoms with Crippen LogP contribution in [0.15, 0.2) is 35.2 Å². The summed E-state index contributed by atoms with van der Waals surface area (Å²) in [6.07, 6.45) is 0. The summed E-state index contributed by atoms with van der Waals surface area (Å²) in [5.41, 5.74) is 0.303. The van der Waals surface area contributed by atoms with Gasteiger partial charge in [0.25, 0.3) is 0 Å². The summed E-state index contributed by atoms with van der Waals surface area (Å²) in [7, 11) is -1.50. The molecule has 7 heteroatoms. The lowest BCUT2D eigenvalue weighted by molar-refractivity contribution is 0.102. The summed E-state index contributed by atoms with van der Waals surface area (Å²) in [6.45, 7) is 0. The van der Waals surface area contributed by atoms with Gasteiger partial charge in [0, 0.05) is 5.56 Å². The Labute approximate surface area is 131 Å². The van der Waals surface area contributed by atoms with E-state index < -0.39 is 10.8 Å². The van der Waals surface area contributed by atoms with E-state index in [4.69, 9.17) is 34.8 Å². The Hall–Kier alpha value is -0.390. The van der Waals surface area contributed by atoms with Gasteiger partial charge in [0.1, 0.15) is 4.34 Å². The van der Waals surface area contributed by atoms with Crippen LogP contribution in [0.2, 0.25) is 13.7 Å². The molecule has 1 aromatic heterocycles. The molecule has 0 bridgehead atoms. The van der Waals surface area contributed by atoms with E-state index in [-0.39, 0.29) is 11.5 Å². The fourth-order valence-electron chi connectivity index (χ4n) is 1.43. The lowest BCUT2D eigenvalue weighted by atomic mass is 10.2. The molecule has 1 heterocycles. The minimum absolute atomic E-state index is 0.170. The summed E-state index contributed by atoms with van der Waals surface area (Å²) in [5, 5.41) is 0.378. The monoisotopic (exact) mass is 352 g/mol. The molecule has 1 aromatic carbocycles. The highest BCUT2D eigenvalue weighted by Crippen LogP contribution is 2.31. The molecule has 0 aliphatic rings. The first-order chi connectivity index (χ1) is 8.99. The predicted octanol–water partition coefficient (Wildman–Crippen LogP) is 4.70. The number of carbonyl (C=O) groups is 1. The minimum Gasteiger partial charge on any atom is -0.293 e. The fraction of sp³-hybridized carbons (Fsp3) is 0.0833. The van der Waals surface area contributed by atoms with E-state index >= 15 is 0 Å². The average Bonchev–Trinajstić information content (AvgIpc) is 2.69. The zero-order valence-electron chi connectivity index (χ0n) is 9.36. The third-order valence-corrected chi connectivity index (χ3v) is 5.60. The summed E-state index contributed by atoms with van der Waals surface area (Å²) >= 11 is 18.7. The average molecular weight is 354 g/mol. The Morgan fingerprint density at radius 3 is 2.47 bits per heavy atom. The first-order valence-corrected chi connectivity index (χ1v) is 8.37.